The summed E-state index contributed by atoms with van der Waals surface area (Å²) in [6.07, 6.45) is 5.14. The van der Waals surface area contributed by atoms with Crippen molar-refractivity contribution in [3.8, 4) is 5.75 Å². The summed E-state index contributed by atoms with van der Waals surface area (Å²) in [5.41, 5.74) is 0. The van der Waals surface area contributed by atoms with Gasteiger partial charge in [0, 0.05) is 6.61 Å². The van der Waals surface area contributed by atoms with Gasteiger partial charge in [0.2, 0.25) is 0 Å². The van der Waals surface area contributed by atoms with Crippen molar-refractivity contribution in [2.75, 3.05) is 13.2 Å². The second kappa shape index (κ2) is 9.06. The molecule has 0 aliphatic carbocycles. The second-order valence-corrected chi connectivity index (χ2v) is 4.32. The van der Waals surface area contributed by atoms with Crippen LogP contribution in [0.1, 0.15) is 39.5 Å². The third-order valence-electron chi connectivity index (χ3n) is 2.45. The summed E-state index contributed by atoms with van der Waals surface area (Å²) < 4.78 is 11.2. The molecule has 2 nitrogen and oxygen atoms in total. The Bertz CT molecular complexity index is 266. The van der Waals surface area contributed by atoms with Gasteiger partial charge in [-0.15, -0.1) is 0 Å². The van der Waals surface area contributed by atoms with E-state index in [0.29, 0.717) is 12.7 Å². The molecule has 2 rings (SSSR count). The first-order valence-electron chi connectivity index (χ1n) is 6.66. The van der Waals surface area contributed by atoms with Crippen LogP contribution >= 0.6 is 0 Å². The zero-order valence-electron chi connectivity index (χ0n) is 11.0. The van der Waals surface area contributed by atoms with Crippen molar-refractivity contribution >= 4 is 0 Å². The van der Waals surface area contributed by atoms with E-state index >= 15 is 0 Å². The smallest absolute Gasteiger partial charge is 0.119 e. The average Bonchev–Trinajstić information content (AvgIpc) is 2.40. The molecule has 96 valence electrons. The lowest BCUT2D eigenvalue weighted by Crippen LogP contribution is -2.25. The van der Waals surface area contributed by atoms with Crippen molar-refractivity contribution in [3.05, 3.63) is 30.3 Å². The molecule has 17 heavy (non-hydrogen) atoms. The highest BCUT2D eigenvalue weighted by atomic mass is 16.5. The van der Waals surface area contributed by atoms with Crippen molar-refractivity contribution in [3.63, 3.8) is 0 Å². The minimum absolute atomic E-state index is 0.295. The molecule has 1 unspecified atom stereocenters. The molecule has 1 atom stereocenters. The summed E-state index contributed by atoms with van der Waals surface area (Å²) >= 11 is 0. The summed E-state index contributed by atoms with van der Waals surface area (Å²) in [7, 11) is 0. The van der Waals surface area contributed by atoms with Gasteiger partial charge < -0.3 is 9.47 Å². The molecule has 1 fully saturated rings. The van der Waals surface area contributed by atoms with Crippen LogP contribution in [0, 0.1) is 0 Å². The van der Waals surface area contributed by atoms with Crippen LogP contribution in [0.3, 0.4) is 0 Å². The van der Waals surface area contributed by atoms with Crippen LogP contribution in [0.5, 0.6) is 5.75 Å². The van der Waals surface area contributed by atoms with Gasteiger partial charge in [-0.2, -0.15) is 0 Å². The first-order valence-corrected chi connectivity index (χ1v) is 6.66. The summed E-state index contributed by atoms with van der Waals surface area (Å²) in [5, 5.41) is 0. The zero-order valence-corrected chi connectivity index (χ0v) is 11.0. The monoisotopic (exact) mass is 236 g/mol. The summed E-state index contributed by atoms with van der Waals surface area (Å²) in [6, 6.07) is 9.91. The second-order valence-electron chi connectivity index (χ2n) is 4.32. The fourth-order valence-corrected chi connectivity index (χ4v) is 1.64. The highest BCUT2D eigenvalue weighted by Crippen LogP contribution is 2.15. The van der Waals surface area contributed by atoms with E-state index in [2.05, 4.69) is 13.8 Å². The predicted molar refractivity (Wildman–Crippen MR) is 71.5 cm³/mol. The Morgan fingerprint density at radius 2 is 1.88 bits per heavy atom. The fourth-order valence-electron chi connectivity index (χ4n) is 1.64. The highest BCUT2D eigenvalue weighted by molar-refractivity contribution is 5.20. The van der Waals surface area contributed by atoms with Crippen LogP contribution in [0.2, 0.25) is 0 Å². The Morgan fingerprint density at radius 3 is 2.47 bits per heavy atom. The lowest BCUT2D eigenvalue weighted by molar-refractivity contribution is -0.0110. The minimum atomic E-state index is 0.295. The molecule has 1 aromatic carbocycles. The van der Waals surface area contributed by atoms with E-state index in [9.17, 15) is 0 Å². The Morgan fingerprint density at radius 1 is 1.18 bits per heavy atom. The topological polar surface area (TPSA) is 18.5 Å². The molecule has 2 heteroatoms. The van der Waals surface area contributed by atoms with Gasteiger partial charge >= 0.3 is 0 Å². The Hall–Kier alpha value is -1.02. The first kappa shape index (κ1) is 14.0. The Kier molecular flexibility index (Phi) is 7.48. The predicted octanol–water partition coefficient (Wildman–Crippen LogP) is 4.05. The van der Waals surface area contributed by atoms with E-state index in [1.54, 1.807) is 0 Å². The molecule has 0 aromatic heterocycles. The molecule has 0 N–H and O–H groups in total. The van der Waals surface area contributed by atoms with Crippen LogP contribution in [0.15, 0.2) is 30.3 Å². The van der Waals surface area contributed by atoms with E-state index in [-0.39, 0.29) is 0 Å². The molecule has 1 aliphatic rings. The quantitative estimate of drug-likeness (QED) is 0.788. The molecular weight excluding hydrogens is 212 g/mol. The number of ether oxygens (including phenoxy) is 2. The highest BCUT2D eigenvalue weighted by Gasteiger charge is 2.13. The van der Waals surface area contributed by atoms with E-state index in [1.807, 2.05) is 30.3 Å². The van der Waals surface area contributed by atoms with Gasteiger partial charge in [-0.3, -0.25) is 0 Å². The standard InChI is InChI=1S/C12H16O2.C3H8/c1-2-6-11(7-3-1)14-10-12-8-4-5-9-13-12;1-3-2/h1-3,6-7,12H,4-5,8-10H2;3H2,1-2H3. The van der Waals surface area contributed by atoms with Crippen molar-refractivity contribution in [2.45, 2.75) is 45.6 Å². The van der Waals surface area contributed by atoms with Crippen molar-refractivity contribution < 1.29 is 9.47 Å². The van der Waals surface area contributed by atoms with Gasteiger partial charge in [0.05, 0.1) is 6.10 Å². The molecule has 0 radical (unpaired) electrons. The van der Waals surface area contributed by atoms with Gasteiger partial charge in [-0.25, -0.2) is 0 Å². The molecule has 0 amide bonds. The van der Waals surface area contributed by atoms with Crippen molar-refractivity contribution in [2.24, 2.45) is 0 Å². The maximum atomic E-state index is 5.62. The lowest BCUT2D eigenvalue weighted by atomic mass is 10.1. The third kappa shape index (κ3) is 6.32. The number of para-hydroxylation sites is 1. The number of benzene rings is 1. The van der Waals surface area contributed by atoms with Crippen molar-refractivity contribution in [1.29, 1.82) is 0 Å². The number of hydrogen-bond acceptors (Lipinski definition) is 2. The summed E-state index contributed by atoms with van der Waals surface area (Å²) in [6.45, 7) is 5.83. The largest absolute Gasteiger partial charge is 0.491 e. The molecule has 1 aliphatic heterocycles. The molecule has 1 saturated heterocycles. The number of rotatable bonds is 3. The summed E-state index contributed by atoms with van der Waals surface area (Å²) in [5.74, 6) is 0.932. The first-order chi connectivity index (χ1) is 8.36. The van der Waals surface area contributed by atoms with Crippen LogP contribution in [-0.2, 0) is 4.74 Å². The molecule has 0 bridgehead atoms. The van der Waals surface area contributed by atoms with Gasteiger partial charge in [0.15, 0.2) is 0 Å². The molecule has 1 heterocycles. The Balaban J connectivity index is 0.000000437. The van der Waals surface area contributed by atoms with Crippen LogP contribution in [0.4, 0.5) is 0 Å². The minimum Gasteiger partial charge on any atom is -0.491 e. The maximum Gasteiger partial charge on any atom is 0.119 e. The normalized spacial score (nSPS) is 19.1. The fraction of sp³-hybridized carbons (Fsp3) is 0.600. The van der Waals surface area contributed by atoms with E-state index in [1.165, 1.54) is 19.3 Å². The third-order valence-corrected chi connectivity index (χ3v) is 2.45. The lowest BCUT2D eigenvalue weighted by Gasteiger charge is -2.22. The number of hydrogen-bond donors (Lipinski definition) is 0. The van der Waals surface area contributed by atoms with Gasteiger partial charge in [-0.1, -0.05) is 38.5 Å². The van der Waals surface area contributed by atoms with E-state index < -0.39 is 0 Å². The average molecular weight is 236 g/mol. The molecule has 1 aromatic rings. The molecule has 0 spiro atoms. The zero-order chi connectivity index (χ0) is 12.3. The maximum absolute atomic E-state index is 5.62. The van der Waals surface area contributed by atoms with Gasteiger partial charge in [0.1, 0.15) is 12.4 Å². The Labute approximate surface area is 105 Å². The summed E-state index contributed by atoms with van der Waals surface area (Å²) in [4.78, 5) is 0. The van der Waals surface area contributed by atoms with Crippen molar-refractivity contribution in [1.82, 2.24) is 0 Å². The van der Waals surface area contributed by atoms with Gasteiger partial charge in [-0.05, 0) is 31.4 Å². The van der Waals surface area contributed by atoms with Gasteiger partial charge in [0.25, 0.3) is 0 Å². The SMILES string of the molecule is CCC.c1ccc(OCC2CCCCO2)cc1. The van der Waals surface area contributed by atoms with E-state index in [4.69, 9.17) is 9.47 Å². The van der Waals surface area contributed by atoms with E-state index in [0.717, 1.165) is 18.8 Å². The van der Waals surface area contributed by atoms with Crippen LogP contribution in [-0.4, -0.2) is 19.3 Å². The van der Waals surface area contributed by atoms with Crippen LogP contribution < -0.4 is 4.74 Å². The van der Waals surface area contributed by atoms with Crippen LogP contribution in [0.25, 0.3) is 0 Å². The molecular formula is C15H24O2. The molecule has 0 saturated carbocycles.